The van der Waals surface area contributed by atoms with Gasteiger partial charge in [-0.05, 0) is 44.0 Å². The van der Waals surface area contributed by atoms with Crippen LogP contribution in [0.15, 0.2) is 40.9 Å². The molecule has 0 saturated heterocycles. The molecule has 0 saturated carbocycles. The molecule has 0 amide bonds. The minimum Gasteiger partial charge on any atom is -0.334 e. The molecule has 0 fully saturated rings. The van der Waals surface area contributed by atoms with Crippen LogP contribution >= 0.6 is 0 Å². The van der Waals surface area contributed by atoms with Crippen molar-refractivity contribution in [2.75, 3.05) is 0 Å². The van der Waals surface area contributed by atoms with Crippen LogP contribution in [0.25, 0.3) is 22.8 Å². The van der Waals surface area contributed by atoms with Crippen LogP contribution in [0.4, 0.5) is 5.69 Å². The number of aryl methyl sites for hydroxylation is 3. The number of non-ortho nitro benzene ring substituents is 1. The summed E-state index contributed by atoms with van der Waals surface area (Å²) in [5.41, 5.74) is 4.97. The third-order valence-corrected chi connectivity index (χ3v) is 3.65. The Kier molecular flexibility index (Phi) is 3.65. The van der Waals surface area contributed by atoms with E-state index in [1.54, 1.807) is 12.1 Å². The molecule has 0 unspecified atom stereocenters. The number of benzene rings is 2. The quantitative estimate of drug-likeness (QED) is 0.534. The van der Waals surface area contributed by atoms with Crippen molar-refractivity contribution in [1.29, 1.82) is 0 Å². The normalized spacial score (nSPS) is 10.7. The summed E-state index contributed by atoms with van der Waals surface area (Å²) in [5, 5.41) is 14.7. The highest BCUT2D eigenvalue weighted by molar-refractivity contribution is 5.67. The first-order valence-electron chi connectivity index (χ1n) is 7.12. The molecule has 0 aliphatic carbocycles. The molecule has 23 heavy (non-hydrogen) atoms. The van der Waals surface area contributed by atoms with Crippen LogP contribution in [-0.4, -0.2) is 15.1 Å². The van der Waals surface area contributed by atoms with Crippen molar-refractivity contribution in [1.82, 2.24) is 10.1 Å². The van der Waals surface area contributed by atoms with Gasteiger partial charge in [-0.3, -0.25) is 10.1 Å². The predicted octanol–water partition coefficient (Wildman–Crippen LogP) is 4.24. The van der Waals surface area contributed by atoms with Crippen LogP contribution in [0.5, 0.6) is 0 Å². The Hall–Kier alpha value is -3.02. The van der Waals surface area contributed by atoms with Crippen molar-refractivity contribution < 1.29 is 9.45 Å². The molecule has 3 aromatic rings. The van der Waals surface area contributed by atoms with Gasteiger partial charge in [-0.1, -0.05) is 22.9 Å². The van der Waals surface area contributed by atoms with Crippen molar-refractivity contribution in [2.24, 2.45) is 0 Å². The van der Waals surface area contributed by atoms with E-state index in [-0.39, 0.29) is 5.69 Å². The van der Waals surface area contributed by atoms with Gasteiger partial charge in [0.2, 0.25) is 5.82 Å². The Morgan fingerprint density at radius 1 is 1.04 bits per heavy atom. The molecule has 0 aliphatic heterocycles. The zero-order valence-electron chi connectivity index (χ0n) is 13.0. The van der Waals surface area contributed by atoms with Gasteiger partial charge < -0.3 is 4.52 Å². The Balaban J connectivity index is 1.99. The monoisotopic (exact) mass is 309 g/mol. The maximum atomic E-state index is 10.7. The first-order chi connectivity index (χ1) is 11.0. The Morgan fingerprint density at radius 3 is 2.22 bits per heavy atom. The van der Waals surface area contributed by atoms with Crippen LogP contribution in [0, 0.1) is 30.9 Å². The number of nitro benzene ring substituents is 1. The van der Waals surface area contributed by atoms with Gasteiger partial charge >= 0.3 is 0 Å². The number of aromatic nitrogens is 2. The molecule has 0 atom stereocenters. The fourth-order valence-corrected chi connectivity index (χ4v) is 2.70. The highest BCUT2D eigenvalue weighted by atomic mass is 16.6. The Morgan fingerprint density at radius 2 is 1.65 bits per heavy atom. The van der Waals surface area contributed by atoms with E-state index in [1.807, 2.05) is 20.8 Å². The van der Waals surface area contributed by atoms with Gasteiger partial charge in [0.05, 0.1) is 4.92 Å². The number of nitro groups is 1. The predicted molar refractivity (Wildman–Crippen MR) is 86.0 cm³/mol. The van der Waals surface area contributed by atoms with Crippen molar-refractivity contribution in [2.45, 2.75) is 20.8 Å². The number of rotatable bonds is 3. The largest absolute Gasteiger partial charge is 0.334 e. The second-order valence-electron chi connectivity index (χ2n) is 5.50. The zero-order valence-corrected chi connectivity index (χ0v) is 13.0. The summed E-state index contributed by atoms with van der Waals surface area (Å²) in [6, 6.07) is 10.2. The molecule has 6 heteroatoms. The van der Waals surface area contributed by atoms with Gasteiger partial charge in [0, 0.05) is 23.3 Å². The van der Waals surface area contributed by atoms with Crippen LogP contribution in [0.2, 0.25) is 0 Å². The summed E-state index contributed by atoms with van der Waals surface area (Å²) in [4.78, 5) is 14.7. The van der Waals surface area contributed by atoms with Gasteiger partial charge in [0.25, 0.3) is 11.6 Å². The lowest BCUT2D eigenvalue weighted by atomic mass is 9.99. The topological polar surface area (TPSA) is 82.1 Å². The van der Waals surface area contributed by atoms with Crippen molar-refractivity contribution in [3.05, 3.63) is 63.2 Å². The molecule has 1 aromatic heterocycles. The molecule has 3 rings (SSSR count). The standard InChI is InChI=1S/C17H15N3O3/c1-10-8-11(2)15(12(3)9-10)16-18-17(23-19-16)13-4-6-14(7-5-13)20(21)22/h4-9H,1-3H3. The van der Waals surface area contributed by atoms with Crippen LogP contribution in [0.3, 0.4) is 0 Å². The average Bonchev–Trinajstić information content (AvgIpc) is 2.95. The van der Waals surface area contributed by atoms with Gasteiger partial charge in [-0.2, -0.15) is 4.98 Å². The van der Waals surface area contributed by atoms with Crippen molar-refractivity contribution >= 4 is 5.69 Å². The minimum absolute atomic E-state index is 0.0266. The maximum Gasteiger partial charge on any atom is 0.269 e. The molecule has 0 aliphatic rings. The van der Waals surface area contributed by atoms with Crippen molar-refractivity contribution in [3.8, 4) is 22.8 Å². The SMILES string of the molecule is Cc1cc(C)c(-c2noc(-c3ccc([N+](=O)[O-])cc3)n2)c(C)c1. The summed E-state index contributed by atoms with van der Waals surface area (Å²) in [6.45, 7) is 6.07. The summed E-state index contributed by atoms with van der Waals surface area (Å²) in [5.74, 6) is 0.864. The van der Waals surface area contributed by atoms with E-state index in [9.17, 15) is 10.1 Å². The smallest absolute Gasteiger partial charge is 0.269 e. The third-order valence-electron chi connectivity index (χ3n) is 3.65. The van der Waals surface area contributed by atoms with E-state index in [4.69, 9.17) is 4.52 Å². The second-order valence-corrected chi connectivity index (χ2v) is 5.50. The lowest BCUT2D eigenvalue weighted by Crippen LogP contribution is -1.92. The molecular formula is C17H15N3O3. The van der Waals surface area contributed by atoms with Gasteiger partial charge in [-0.15, -0.1) is 0 Å². The fourth-order valence-electron chi connectivity index (χ4n) is 2.70. The molecule has 0 bridgehead atoms. The highest BCUT2D eigenvalue weighted by Gasteiger charge is 2.15. The van der Waals surface area contributed by atoms with E-state index in [2.05, 4.69) is 22.3 Å². The van der Waals surface area contributed by atoms with Crippen LogP contribution < -0.4 is 0 Å². The number of nitrogens with zero attached hydrogens (tertiary/aromatic N) is 3. The molecule has 6 nitrogen and oxygen atoms in total. The number of hydrogen-bond acceptors (Lipinski definition) is 5. The molecule has 2 aromatic carbocycles. The minimum atomic E-state index is -0.442. The summed E-state index contributed by atoms with van der Waals surface area (Å²) < 4.78 is 5.31. The van der Waals surface area contributed by atoms with Crippen molar-refractivity contribution in [3.63, 3.8) is 0 Å². The molecule has 1 heterocycles. The highest BCUT2D eigenvalue weighted by Crippen LogP contribution is 2.28. The first kappa shape index (κ1) is 14.9. The Bertz CT molecular complexity index is 859. The molecule has 116 valence electrons. The van der Waals surface area contributed by atoms with E-state index < -0.39 is 4.92 Å². The maximum absolute atomic E-state index is 10.7. The summed E-state index contributed by atoms with van der Waals surface area (Å²) in [6.07, 6.45) is 0. The summed E-state index contributed by atoms with van der Waals surface area (Å²) >= 11 is 0. The van der Waals surface area contributed by atoms with Gasteiger partial charge in [0.1, 0.15) is 0 Å². The van der Waals surface area contributed by atoms with Crippen LogP contribution in [-0.2, 0) is 0 Å². The molecule has 0 N–H and O–H groups in total. The lowest BCUT2D eigenvalue weighted by molar-refractivity contribution is -0.384. The van der Waals surface area contributed by atoms with Crippen LogP contribution in [0.1, 0.15) is 16.7 Å². The van der Waals surface area contributed by atoms with Gasteiger partial charge in [-0.25, -0.2) is 0 Å². The second kappa shape index (κ2) is 5.64. The third kappa shape index (κ3) is 2.83. The molecule has 0 radical (unpaired) electrons. The van der Waals surface area contributed by atoms with E-state index in [0.29, 0.717) is 17.3 Å². The average molecular weight is 309 g/mol. The van der Waals surface area contributed by atoms with Gasteiger partial charge in [0.15, 0.2) is 0 Å². The first-order valence-corrected chi connectivity index (χ1v) is 7.12. The molecular weight excluding hydrogens is 294 g/mol. The van der Waals surface area contributed by atoms with E-state index >= 15 is 0 Å². The molecule has 0 spiro atoms. The van der Waals surface area contributed by atoms with E-state index in [0.717, 1.165) is 16.7 Å². The number of hydrogen-bond donors (Lipinski definition) is 0. The lowest BCUT2D eigenvalue weighted by Gasteiger charge is -2.06. The fraction of sp³-hybridized carbons (Fsp3) is 0.176. The zero-order chi connectivity index (χ0) is 16.6. The summed E-state index contributed by atoms with van der Waals surface area (Å²) in [7, 11) is 0. The van der Waals surface area contributed by atoms with E-state index in [1.165, 1.54) is 17.7 Å². The Labute approximate surface area is 132 Å².